The van der Waals surface area contributed by atoms with Crippen LogP contribution in [0.5, 0.6) is 0 Å². The minimum atomic E-state index is 0. The van der Waals surface area contributed by atoms with Gasteiger partial charge in [-0.1, -0.05) is 0 Å². The van der Waals surface area contributed by atoms with Gasteiger partial charge in [0, 0.05) is 40.8 Å². The maximum atomic E-state index is 11.7. The number of nitrogens with zero attached hydrogens (tertiary/aromatic N) is 4. The van der Waals surface area contributed by atoms with Gasteiger partial charge in [0.25, 0.3) is 0 Å². The van der Waals surface area contributed by atoms with E-state index in [1.54, 1.807) is 26.0 Å². The highest BCUT2D eigenvalue weighted by atomic mass is 127. The summed E-state index contributed by atoms with van der Waals surface area (Å²) in [5.41, 5.74) is 0. The zero-order valence-corrected chi connectivity index (χ0v) is 16.4. The number of nitrogens with one attached hydrogen (secondary N) is 1. The largest absolute Gasteiger partial charge is 0.347 e. The number of carbonyl (C=O) groups is 1. The van der Waals surface area contributed by atoms with Gasteiger partial charge in [-0.15, -0.1) is 24.0 Å². The van der Waals surface area contributed by atoms with Crippen molar-refractivity contribution in [2.75, 3.05) is 60.4 Å². The molecule has 6 nitrogen and oxygen atoms in total. The normalized spacial score (nSPS) is 22.6. The van der Waals surface area contributed by atoms with Crippen LogP contribution in [0.2, 0.25) is 0 Å². The van der Waals surface area contributed by atoms with Crippen LogP contribution in [0.1, 0.15) is 19.3 Å². The van der Waals surface area contributed by atoms with Gasteiger partial charge in [0.05, 0.1) is 6.54 Å². The third kappa shape index (κ3) is 5.57. The third-order valence-electron chi connectivity index (χ3n) is 4.41. The van der Waals surface area contributed by atoms with Crippen molar-refractivity contribution in [1.29, 1.82) is 0 Å². The fourth-order valence-corrected chi connectivity index (χ4v) is 3.15. The molecule has 0 saturated carbocycles. The van der Waals surface area contributed by atoms with Gasteiger partial charge in [0.15, 0.2) is 5.96 Å². The van der Waals surface area contributed by atoms with Crippen LogP contribution >= 0.6 is 24.0 Å². The highest BCUT2D eigenvalue weighted by Gasteiger charge is 2.27. The lowest BCUT2D eigenvalue weighted by molar-refractivity contribution is -0.127. The molecule has 22 heavy (non-hydrogen) atoms. The van der Waals surface area contributed by atoms with Crippen molar-refractivity contribution in [3.05, 3.63) is 0 Å². The summed E-state index contributed by atoms with van der Waals surface area (Å²) in [7, 11) is 5.33. The van der Waals surface area contributed by atoms with Crippen LogP contribution in [0.15, 0.2) is 4.99 Å². The van der Waals surface area contributed by atoms with E-state index in [1.807, 2.05) is 0 Å². The molecule has 0 aromatic heterocycles. The van der Waals surface area contributed by atoms with Crippen molar-refractivity contribution < 1.29 is 4.79 Å². The van der Waals surface area contributed by atoms with Crippen LogP contribution < -0.4 is 5.32 Å². The first-order valence-corrected chi connectivity index (χ1v) is 7.98. The predicted molar refractivity (Wildman–Crippen MR) is 101 cm³/mol. The van der Waals surface area contributed by atoms with E-state index >= 15 is 0 Å². The summed E-state index contributed by atoms with van der Waals surface area (Å²) in [6, 6.07) is 0. The predicted octanol–water partition coefficient (Wildman–Crippen LogP) is 0.686. The molecule has 1 amide bonds. The average Bonchev–Trinajstić information content (AvgIpc) is 3.12. The summed E-state index contributed by atoms with van der Waals surface area (Å²) in [5, 5.41) is 3.18. The molecule has 2 saturated heterocycles. The molecule has 1 N–H and O–H groups in total. The smallest absolute Gasteiger partial charge is 0.241 e. The molecule has 0 bridgehead atoms. The Bertz CT molecular complexity index is 382. The lowest BCUT2D eigenvalue weighted by Crippen LogP contribution is -2.44. The first kappa shape index (κ1) is 19.5. The molecule has 0 spiro atoms. The number of likely N-dealkylation sites (N-methyl/N-ethyl adjacent to an activating group) is 1. The van der Waals surface area contributed by atoms with Gasteiger partial charge in [-0.3, -0.25) is 9.79 Å². The number of amides is 1. The quantitative estimate of drug-likeness (QED) is 0.411. The highest BCUT2D eigenvalue weighted by molar-refractivity contribution is 14.0. The van der Waals surface area contributed by atoms with Crippen molar-refractivity contribution in [2.24, 2.45) is 10.9 Å². The van der Waals surface area contributed by atoms with Gasteiger partial charge < -0.3 is 20.0 Å². The molecule has 0 aromatic carbocycles. The van der Waals surface area contributed by atoms with Crippen LogP contribution in [-0.4, -0.2) is 87.0 Å². The molecule has 2 heterocycles. The maximum Gasteiger partial charge on any atom is 0.241 e. The molecular formula is C15H30IN5O. The Balaban J connectivity index is 0.00000242. The van der Waals surface area contributed by atoms with E-state index in [1.165, 1.54) is 38.9 Å². The second-order valence-electron chi connectivity index (χ2n) is 6.30. The van der Waals surface area contributed by atoms with Crippen LogP contribution in [-0.2, 0) is 4.79 Å². The molecule has 0 radical (unpaired) electrons. The Kier molecular flexibility index (Phi) is 8.45. The van der Waals surface area contributed by atoms with Crippen LogP contribution in [0, 0.1) is 5.92 Å². The van der Waals surface area contributed by atoms with Crippen molar-refractivity contribution in [2.45, 2.75) is 19.3 Å². The molecule has 1 unspecified atom stereocenters. The van der Waals surface area contributed by atoms with Gasteiger partial charge in [-0.25, -0.2) is 0 Å². The fraction of sp³-hybridized carbons (Fsp3) is 0.867. The summed E-state index contributed by atoms with van der Waals surface area (Å²) in [4.78, 5) is 22.4. The summed E-state index contributed by atoms with van der Waals surface area (Å²) in [5.74, 6) is 1.66. The Morgan fingerprint density at radius 2 is 1.95 bits per heavy atom. The SMILES string of the molecule is CN=C(NCC(=O)N(C)C)N1CCC(CN2CCCC2)C1.I. The second-order valence-corrected chi connectivity index (χ2v) is 6.30. The lowest BCUT2D eigenvalue weighted by atomic mass is 10.1. The molecule has 1 atom stereocenters. The van der Waals surface area contributed by atoms with E-state index in [9.17, 15) is 4.79 Å². The van der Waals surface area contributed by atoms with E-state index in [2.05, 4.69) is 20.1 Å². The molecule has 2 aliphatic heterocycles. The van der Waals surface area contributed by atoms with E-state index in [-0.39, 0.29) is 29.9 Å². The molecule has 0 aliphatic carbocycles. The summed E-state index contributed by atoms with van der Waals surface area (Å²) < 4.78 is 0. The third-order valence-corrected chi connectivity index (χ3v) is 4.41. The van der Waals surface area contributed by atoms with Crippen LogP contribution in [0.25, 0.3) is 0 Å². The Labute approximate surface area is 151 Å². The summed E-state index contributed by atoms with van der Waals surface area (Å²) in [6.07, 6.45) is 3.93. The van der Waals surface area contributed by atoms with Crippen molar-refractivity contribution >= 4 is 35.8 Å². The molecule has 128 valence electrons. The fourth-order valence-electron chi connectivity index (χ4n) is 3.15. The number of halogens is 1. The number of aliphatic imine (C=N–C) groups is 1. The van der Waals surface area contributed by atoms with Gasteiger partial charge in [0.2, 0.25) is 5.91 Å². The van der Waals surface area contributed by atoms with Crippen molar-refractivity contribution in [3.63, 3.8) is 0 Å². The Morgan fingerprint density at radius 1 is 1.27 bits per heavy atom. The number of likely N-dealkylation sites (tertiary alicyclic amines) is 2. The molecule has 2 rings (SSSR count). The van der Waals surface area contributed by atoms with Crippen molar-refractivity contribution in [1.82, 2.24) is 20.0 Å². The van der Waals surface area contributed by atoms with Gasteiger partial charge >= 0.3 is 0 Å². The van der Waals surface area contributed by atoms with Crippen molar-refractivity contribution in [3.8, 4) is 0 Å². The standard InChI is InChI=1S/C15H29N5O.HI/c1-16-15(17-10-14(21)18(2)3)20-9-6-13(12-20)11-19-7-4-5-8-19;/h13H,4-12H2,1-3H3,(H,16,17);1H. The van der Waals surface area contributed by atoms with Gasteiger partial charge in [0.1, 0.15) is 0 Å². The minimum Gasteiger partial charge on any atom is -0.347 e. The average molecular weight is 423 g/mol. The number of rotatable bonds is 4. The molecule has 2 fully saturated rings. The van der Waals surface area contributed by atoms with E-state index < -0.39 is 0 Å². The van der Waals surface area contributed by atoms with Crippen LogP contribution in [0.4, 0.5) is 0 Å². The monoisotopic (exact) mass is 423 g/mol. The molecule has 0 aromatic rings. The number of guanidine groups is 1. The Hall–Kier alpha value is -0.570. The van der Waals surface area contributed by atoms with Gasteiger partial charge in [-0.2, -0.15) is 0 Å². The first-order valence-electron chi connectivity index (χ1n) is 7.98. The van der Waals surface area contributed by atoms with E-state index in [4.69, 9.17) is 0 Å². The van der Waals surface area contributed by atoms with E-state index in [0.717, 1.165) is 25.0 Å². The summed E-state index contributed by atoms with van der Waals surface area (Å²) in [6.45, 7) is 6.14. The van der Waals surface area contributed by atoms with E-state index in [0.29, 0.717) is 6.54 Å². The maximum absolute atomic E-state index is 11.7. The zero-order chi connectivity index (χ0) is 15.2. The topological polar surface area (TPSA) is 51.2 Å². The van der Waals surface area contributed by atoms with Crippen LogP contribution in [0.3, 0.4) is 0 Å². The summed E-state index contributed by atoms with van der Waals surface area (Å²) >= 11 is 0. The lowest BCUT2D eigenvalue weighted by Gasteiger charge is -2.23. The number of hydrogen-bond donors (Lipinski definition) is 1. The molecular weight excluding hydrogens is 393 g/mol. The number of carbonyl (C=O) groups excluding carboxylic acids is 1. The Morgan fingerprint density at radius 3 is 2.55 bits per heavy atom. The second kappa shape index (κ2) is 9.54. The minimum absolute atomic E-state index is 0. The highest BCUT2D eigenvalue weighted by Crippen LogP contribution is 2.19. The number of hydrogen-bond acceptors (Lipinski definition) is 3. The molecule has 7 heteroatoms. The zero-order valence-electron chi connectivity index (χ0n) is 14.0. The van der Waals surface area contributed by atoms with Gasteiger partial charge in [-0.05, 0) is 38.3 Å². The molecule has 2 aliphatic rings. The first-order chi connectivity index (χ1) is 10.1.